The normalized spacial score (nSPS) is 10.6. The van der Waals surface area contributed by atoms with Crippen LogP contribution in [0.1, 0.15) is 21.6 Å². The zero-order chi connectivity index (χ0) is 17.6. The summed E-state index contributed by atoms with van der Waals surface area (Å²) in [5.74, 6) is -0.193. The molecular formula is C19H17ClN2O2S. The summed E-state index contributed by atoms with van der Waals surface area (Å²) in [5, 5.41) is 6.08. The molecule has 25 heavy (non-hydrogen) atoms. The van der Waals surface area contributed by atoms with E-state index in [1.165, 1.54) is 11.3 Å². The van der Waals surface area contributed by atoms with E-state index in [1.54, 1.807) is 12.5 Å². The molecule has 0 bridgehead atoms. The lowest BCUT2D eigenvalue weighted by Crippen LogP contribution is -2.23. The lowest BCUT2D eigenvalue weighted by molar-refractivity contribution is 0.0946. The third-order valence-corrected chi connectivity index (χ3v) is 4.69. The maximum absolute atomic E-state index is 12.3. The van der Waals surface area contributed by atoms with Crippen LogP contribution in [0.2, 0.25) is 5.02 Å². The molecule has 0 aliphatic rings. The molecule has 1 amide bonds. The van der Waals surface area contributed by atoms with Gasteiger partial charge in [0.25, 0.3) is 5.91 Å². The second-order valence-electron chi connectivity index (χ2n) is 5.48. The summed E-state index contributed by atoms with van der Waals surface area (Å²) in [7, 11) is 1.66. The van der Waals surface area contributed by atoms with Gasteiger partial charge in [-0.15, -0.1) is 11.3 Å². The zero-order valence-electron chi connectivity index (χ0n) is 13.7. The first-order valence-electron chi connectivity index (χ1n) is 7.72. The molecule has 2 aromatic carbocycles. The first-order chi connectivity index (χ1) is 12.2. The van der Waals surface area contributed by atoms with Gasteiger partial charge >= 0.3 is 0 Å². The molecule has 0 aliphatic carbocycles. The highest BCUT2D eigenvalue weighted by atomic mass is 35.5. The average Bonchev–Trinajstić information content (AvgIpc) is 3.11. The molecule has 4 nitrogen and oxygen atoms in total. The molecule has 1 N–H and O–H groups in total. The maximum atomic E-state index is 12.3. The van der Waals surface area contributed by atoms with Crippen molar-refractivity contribution in [3.05, 3.63) is 75.8 Å². The van der Waals surface area contributed by atoms with E-state index in [-0.39, 0.29) is 5.91 Å². The van der Waals surface area contributed by atoms with Gasteiger partial charge in [0.2, 0.25) is 0 Å². The molecule has 0 saturated heterocycles. The number of hydrogen-bond donors (Lipinski definition) is 1. The fourth-order valence-electron chi connectivity index (χ4n) is 2.40. The van der Waals surface area contributed by atoms with Gasteiger partial charge in [0.15, 0.2) is 0 Å². The molecule has 1 heterocycles. The highest BCUT2D eigenvalue weighted by Crippen LogP contribution is 2.26. The third kappa shape index (κ3) is 4.66. The fourth-order valence-corrected chi connectivity index (χ4v) is 3.39. The van der Waals surface area contributed by atoms with Gasteiger partial charge < -0.3 is 10.1 Å². The summed E-state index contributed by atoms with van der Waals surface area (Å²) in [5.41, 5.74) is 3.41. The molecule has 0 spiro atoms. The van der Waals surface area contributed by atoms with Gasteiger partial charge in [-0.25, -0.2) is 4.98 Å². The van der Waals surface area contributed by atoms with Crippen LogP contribution in [0.15, 0.2) is 53.9 Å². The molecule has 0 saturated carbocycles. The molecule has 0 fully saturated rings. The number of carbonyl (C=O) groups excluding carboxylic acids is 1. The Labute approximate surface area is 155 Å². The summed E-state index contributed by atoms with van der Waals surface area (Å²) in [6, 6.07) is 15.4. The number of amides is 1. The molecule has 1 aromatic heterocycles. The molecule has 128 valence electrons. The highest BCUT2D eigenvalue weighted by molar-refractivity contribution is 7.13. The van der Waals surface area contributed by atoms with Gasteiger partial charge in [-0.1, -0.05) is 48.0 Å². The number of rotatable bonds is 6. The predicted octanol–water partition coefficient (Wildman–Crippen LogP) is 4.54. The lowest BCUT2D eigenvalue weighted by Gasteiger charge is -2.06. The van der Waals surface area contributed by atoms with E-state index >= 15 is 0 Å². The van der Waals surface area contributed by atoms with Crippen LogP contribution >= 0.6 is 22.9 Å². The van der Waals surface area contributed by atoms with E-state index in [4.69, 9.17) is 16.3 Å². The van der Waals surface area contributed by atoms with Crippen molar-refractivity contribution in [3.8, 4) is 10.6 Å². The molecular weight excluding hydrogens is 356 g/mol. The summed E-state index contributed by atoms with van der Waals surface area (Å²) in [6.07, 6.45) is 0. The Kier molecular flexibility index (Phi) is 5.81. The van der Waals surface area contributed by atoms with Crippen LogP contribution in [0.3, 0.4) is 0 Å². The van der Waals surface area contributed by atoms with Gasteiger partial charge in [-0.2, -0.15) is 0 Å². The Morgan fingerprint density at radius 2 is 2.00 bits per heavy atom. The smallest absolute Gasteiger partial charge is 0.271 e. The van der Waals surface area contributed by atoms with Gasteiger partial charge in [0.05, 0.1) is 6.61 Å². The average molecular weight is 373 g/mol. The number of methoxy groups -OCH3 is 1. The molecule has 0 unspecified atom stereocenters. The molecule has 0 aliphatic heterocycles. The minimum absolute atomic E-state index is 0.193. The van der Waals surface area contributed by atoms with E-state index in [2.05, 4.69) is 10.3 Å². The van der Waals surface area contributed by atoms with E-state index in [9.17, 15) is 4.79 Å². The number of halogens is 1. The van der Waals surface area contributed by atoms with E-state index in [0.29, 0.717) is 23.9 Å². The van der Waals surface area contributed by atoms with Crippen molar-refractivity contribution in [1.82, 2.24) is 10.3 Å². The van der Waals surface area contributed by atoms with Crippen molar-refractivity contribution < 1.29 is 9.53 Å². The van der Waals surface area contributed by atoms with Crippen molar-refractivity contribution in [2.24, 2.45) is 0 Å². The molecule has 0 atom stereocenters. The highest BCUT2D eigenvalue weighted by Gasteiger charge is 2.12. The number of carbonyl (C=O) groups is 1. The zero-order valence-corrected chi connectivity index (χ0v) is 15.2. The minimum atomic E-state index is -0.193. The Morgan fingerprint density at radius 1 is 1.20 bits per heavy atom. The number of nitrogens with zero attached hydrogens (tertiary/aromatic N) is 1. The van der Waals surface area contributed by atoms with Crippen LogP contribution in [0.4, 0.5) is 0 Å². The van der Waals surface area contributed by atoms with Crippen LogP contribution < -0.4 is 5.32 Å². The van der Waals surface area contributed by atoms with E-state index in [1.807, 2.05) is 48.5 Å². The van der Waals surface area contributed by atoms with Crippen LogP contribution in [-0.2, 0) is 17.9 Å². The second kappa shape index (κ2) is 8.25. The van der Waals surface area contributed by atoms with Gasteiger partial charge in [0, 0.05) is 29.6 Å². The number of nitrogens with one attached hydrogen (secondary N) is 1. The number of aromatic nitrogens is 1. The van der Waals surface area contributed by atoms with E-state index < -0.39 is 0 Å². The van der Waals surface area contributed by atoms with Crippen molar-refractivity contribution in [2.45, 2.75) is 13.2 Å². The van der Waals surface area contributed by atoms with Crippen molar-refractivity contribution in [1.29, 1.82) is 0 Å². The van der Waals surface area contributed by atoms with Crippen LogP contribution in [0, 0.1) is 0 Å². The quantitative estimate of drug-likeness (QED) is 0.691. The molecule has 0 radical (unpaired) electrons. The largest absolute Gasteiger partial charge is 0.380 e. The Morgan fingerprint density at radius 3 is 2.80 bits per heavy atom. The minimum Gasteiger partial charge on any atom is -0.380 e. The van der Waals surface area contributed by atoms with Crippen LogP contribution in [-0.4, -0.2) is 18.0 Å². The second-order valence-corrected chi connectivity index (χ2v) is 6.78. The summed E-state index contributed by atoms with van der Waals surface area (Å²) in [4.78, 5) is 16.7. The number of hydrogen-bond acceptors (Lipinski definition) is 4. The van der Waals surface area contributed by atoms with Crippen LogP contribution in [0.25, 0.3) is 10.6 Å². The fraction of sp³-hybridized carbons (Fsp3) is 0.158. The Hall–Kier alpha value is -2.21. The Balaban J connectivity index is 1.65. The van der Waals surface area contributed by atoms with Crippen molar-refractivity contribution in [3.63, 3.8) is 0 Å². The number of thiazole rings is 1. The number of benzene rings is 2. The monoisotopic (exact) mass is 372 g/mol. The molecule has 3 aromatic rings. The van der Waals surface area contributed by atoms with Gasteiger partial charge in [-0.05, 0) is 23.3 Å². The standard InChI is InChI=1S/C19H17ClN2O2S/c1-24-11-14-5-2-4-13(8-14)10-21-18(23)17-12-25-19(22-17)15-6-3-7-16(20)9-15/h2-9,12H,10-11H2,1H3,(H,21,23). The van der Waals surface area contributed by atoms with Crippen molar-refractivity contribution >= 4 is 28.8 Å². The topological polar surface area (TPSA) is 51.2 Å². The summed E-state index contributed by atoms with van der Waals surface area (Å²) >= 11 is 7.43. The SMILES string of the molecule is COCc1cccc(CNC(=O)c2csc(-c3cccc(Cl)c3)n2)c1. The summed E-state index contributed by atoms with van der Waals surface area (Å²) in [6.45, 7) is 0.997. The third-order valence-electron chi connectivity index (χ3n) is 3.56. The maximum Gasteiger partial charge on any atom is 0.271 e. The predicted molar refractivity (Wildman–Crippen MR) is 101 cm³/mol. The Bertz CT molecular complexity index is 879. The van der Waals surface area contributed by atoms with Crippen LogP contribution in [0.5, 0.6) is 0 Å². The first kappa shape index (κ1) is 17.6. The van der Waals surface area contributed by atoms with E-state index in [0.717, 1.165) is 21.7 Å². The molecule has 3 rings (SSSR count). The van der Waals surface area contributed by atoms with Gasteiger partial charge in [0.1, 0.15) is 10.7 Å². The first-order valence-corrected chi connectivity index (χ1v) is 8.98. The number of ether oxygens (including phenoxy) is 1. The summed E-state index contributed by atoms with van der Waals surface area (Å²) < 4.78 is 5.13. The van der Waals surface area contributed by atoms with Crippen molar-refractivity contribution in [2.75, 3.05) is 7.11 Å². The lowest BCUT2D eigenvalue weighted by atomic mass is 10.1. The van der Waals surface area contributed by atoms with Gasteiger partial charge in [-0.3, -0.25) is 4.79 Å². The molecule has 6 heteroatoms.